The summed E-state index contributed by atoms with van der Waals surface area (Å²) in [7, 11) is 0. The van der Waals surface area contributed by atoms with Gasteiger partial charge in [0, 0.05) is 12.5 Å². The molecule has 228 valence electrons. The number of rotatable bonds is 8. The van der Waals surface area contributed by atoms with E-state index in [1.807, 2.05) is 0 Å². The second-order valence-corrected chi connectivity index (χ2v) is 13.6. The van der Waals surface area contributed by atoms with Gasteiger partial charge in [-0.05, 0) is 86.3 Å². The van der Waals surface area contributed by atoms with E-state index in [2.05, 4.69) is 18.9 Å². The SMILES string of the molecule is Cc1cc(Cl)c(C(=O)CN(C(=O)c2cnn([C@H]3CC[C@H](CC(=O)O)CC3)c2C(F)(F)F)[C@@H]2C[C@@H]3[C@H](C2)C3(C)C)c(Cl)c1. The van der Waals surface area contributed by atoms with E-state index in [1.54, 1.807) is 19.1 Å². The molecular weight excluding hydrogens is 594 g/mol. The molecular formula is C30H34Cl2F3N3O4. The van der Waals surface area contributed by atoms with E-state index in [0.717, 1.165) is 16.4 Å². The number of aliphatic carboxylic acids is 1. The third kappa shape index (κ3) is 5.81. The van der Waals surface area contributed by atoms with Gasteiger partial charge >= 0.3 is 12.1 Å². The smallest absolute Gasteiger partial charge is 0.433 e. The van der Waals surface area contributed by atoms with Crippen molar-refractivity contribution in [2.45, 2.75) is 84.0 Å². The molecule has 0 bridgehead atoms. The van der Waals surface area contributed by atoms with E-state index in [1.165, 1.54) is 4.90 Å². The normalized spacial score (nSPS) is 26.5. The predicted octanol–water partition coefficient (Wildman–Crippen LogP) is 7.48. The van der Waals surface area contributed by atoms with E-state index < -0.39 is 53.7 Å². The maximum Gasteiger partial charge on any atom is 0.433 e. The largest absolute Gasteiger partial charge is 0.481 e. The van der Waals surface area contributed by atoms with E-state index in [-0.39, 0.29) is 33.4 Å². The van der Waals surface area contributed by atoms with Gasteiger partial charge < -0.3 is 10.0 Å². The van der Waals surface area contributed by atoms with Crippen LogP contribution < -0.4 is 0 Å². The molecule has 0 radical (unpaired) electrons. The lowest BCUT2D eigenvalue weighted by atomic mass is 9.84. The molecule has 2 aromatic rings. The first kappa shape index (κ1) is 30.9. The second-order valence-electron chi connectivity index (χ2n) is 12.7. The average molecular weight is 629 g/mol. The van der Waals surface area contributed by atoms with Crippen LogP contribution in [0.25, 0.3) is 0 Å². The van der Waals surface area contributed by atoms with Gasteiger partial charge in [-0.15, -0.1) is 0 Å². The van der Waals surface area contributed by atoms with Gasteiger partial charge in [0.2, 0.25) is 0 Å². The van der Waals surface area contributed by atoms with Crippen molar-refractivity contribution in [3.63, 3.8) is 0 Å². The van der Waals surface area contributed by atoms with Crippen LogP contribution >= 0.6 is 23.2 Å². The summed E-state index contributed by atoms with van der Waals surface area (Å²) in [6, 6.07) is 2.13. The Morgan fingerprint density at radius 1 is 1.07 bits per heavy atom. The molecule has 5 rings (SSSR count). The molecule has 1 amide bonds. The van der Waals surface area contributed by atoms with Crippen molar-refractivity contribution in [2.24, 2.45) is 23.2 Å². The van der Waals surface area contributed by atoms with Crippen molar-refractivity contribution < 1.29 is 32.7 Å². The number of alkyl halides is 3. The average Bonchev–Trinajstić information content (AvgIpc) is 3.30. The van der Waals surface area contributed by atoms with E-state index in [4.69, 9.17) is 28.3 Å². The maximum absolute atomic E-state index is 14.6. The quantitative estimate of drug-likeness (QED) is 0.306. The Hall–Kier alpha value is -2.59. The van der Waals surface area contributed by atoms with E-state index in [0.29, 0.717) is 50.4 Å². The van der Waals surface area contributed by atoms with Gasteiger partial charge in [0.05, 0.1) is 40.0 Å². The van der Waals surface area contributed by atoms with Crippen LogP contribution in [0.1, 0.15) is 96.8 Å². The van der Waals surface area contributed by atoms with Gasteiger partial charge in [0.25, 0.3) is 5.91 Å². The van der Waals surface area contributed by atoms with Crippen molar-refractivity contribution in [3.05, 3.63) is 50.8 Å². The molecule has 3 aliphatic carbocycles. The summed E-state index contributed by atoms with van der Waals surface area (Å²) in [6.07, 6.45) is -1.21. The summed E-state index contributed by atoms with van der Waals surface area (Å²) < 4.78 is 44.6. The van der Waals surface area contributed by atoms with Crippen molar-refractivity contribution in [3.8, 4) is 0 Å². The van der Waals surface area contributed by atoms with Gasteiger partial charge in [0.15, 0.2) is 11.5 Å². The molecule has 3 aliphatic rings. The van der Waals surface area contributed by atoms with E-state index in [9.17, 15) is 27.6 Å². The van der Waals surface area contributed by atoms with Crippen molar-refractivity contribution in [1.82, 2.24) is 14.7 Å². The van der Waals surface area contributed by atoms with E-state index >= 15 is 0 Å². The number of aryl methyl sites for hydroxylation is 1. The lowest BCUT2D eigenvalue weighted by molar-refractivity contribution is -0.145. The fourth-order valence-electron chi connectivity index (χ4n) is 7.37. The van der Waals surface area contributed by atoms with Crippen LogP contribution in [0.4, 0.5) is 13.2 Å². The summed E-state index contributed by atoms with van der Waals surface area (Å²) in [5.74, 6) is -1.83. The molecule has 0 unspecified atom stereocenters. The van der Waals surface area contributed by atoms with Crippen LogP contribution in [0, 0.1) is 30.1 Å². The fraction of sp³-hybridized carbons (Fsp3) is 0.600. The molecule has 3 atom stereocenters. The summed E-state index contributed by atoms with van der Waals surface area (Å²) in [5, 5.41) is 13.4. The first-order valence-corrected chi connectivity index (χ1v) is 15.0. The van der Waals surface area contributed by atoms with Gasteiger partial charge in [0.1, 0.15) is 0 Å². The Kier molecular flexibility index (Phi) is 8.20. The van der Waals surface area contributed by atoms with Gasteiger partial charge in [-0.2, -0.15) is 18.3 Å². The molecule has 1 heterocycles. The number of carboxylic acid groups (broad SMARTS) is 1. The molecule has 42 heavy (non-hydrogen) atoms. The molecule has 0 spiro atoms. The Bertz CT molecular complexity index is 1380. The number of halogens is 5. The first-order valence-electron chi connectivity index (χ1n) is 14.3. The number of amides is 1. The molecule has 7 nitrogen and oxygen atoms in total. The predicted molar refractivity (Wildman–Crippen MR) is 151 cm³/mol. The minimum Gasteiger partial charge on any atom is -0.481 e. The zero-order valence-electron chi connectivity index (χ0n) is 23.7. The topological polar surface area (TPSA) is 92.5 Å². The van der Waals surface area contributed by atoms with Crippen LogP contribution in [0.5, 0.6) is 0 Å². The summed E-state index contributed by atoms with van der Waals surface area (Å²) in [4.78, 5) is 39.9. The van der Waals surface area contributed by atoms with Gasteiger partial charge in [-0.3, -0.25) is 19.1 Å². The molecule has 3 saturated carbocycles. The molecule has 0 saturated heterocycles. The zero-order chi connectivity index (χ0) is 30.7. The van der Waals surface area contributed by atoms with Crippen LogP contribution in [0.2, 0.25) is 10.0 Å². The van der Waals surface area contributed by atoms with Crippen LogP contribution in [-0.4, -0.2) is 50.0 Å². The summed E-state index contributed by atoms with van der Waals surface area (Å²) >= 11 is 12.7. The Morgan fingerprint density at radius 2 is 1.64 bits per heavy atom. The molecule has 3 fully saturated rings. The number of hydrogen-bond acceptors (Lipinski definition) is 4. The number of hydrogen-bond donors (Lipinski definition) is 1. The maximum atomic E-state index is 14.6. The fourth-order valence-corrected chi connectivity index (χ4v) is 8.18. The third-order valence-electron chi connectivity index (χ3n) is 9.74. The first-order chi connectivity index (χ1) is 19.6. The number of benzene rings is 1. The van der Waals surface area contributed by atoms with Crippen molar-refractivity contribution in [2.75, 3.05) is 6.54 Å². The summed E-state index contributed by atoms with van der Waals surface area (Å²) in [5.41, 5.74) is -0.854. The number of Topliss-reactive ketones (excluding diaryl/α,β-unsaturated/α-hetero) is 1. The third-order valence-corrected chi connectivity index (χ3v) is 10.3. The van der Waals surface area contributed by atoms with Crippen molar-refractivity contribution in [1.29, 1.82) is 0 Å². The molecule has 0 aliphatic heterocycles. The van der Waals surface area contributed by atoms with Crippen molar-refractivity contribution >= 4 is 40.9 Å². The molecule has 12 heteroatoms. The highest BCUT2D eigenvalue weighted by Gasteiger charge is 2.63. The highest BCUT2D eigenvalue weighted by atomic mass is 35.5. The Balaban J connectivity index is 1.46. The number of nitrogens with zero attached hydrogens (tertiary/aromatic N) is 3. The Labute approximate surface area is 252 Å². The standard InChI is InChI=1S/C30H34Cl2F3N3O4/c1-15-8-22(31)26(23(32)9-15)24(39)14-37(18-11-20-21(12-18)29(20,2)3)28(42)19-13-36-38(27(19)30(33,34)35)17-6-4-16(5-7-17)10-25(40)41/h8-9,13,16-18,20-21H,4-7,10-12,14H2,1-3H3,(H,40,41)/t16-,17-,18-,20-,21+. The van der Waals surface area contributed by atoms with Crippen LogP contribution in [0.3, 0.4) is 0 Å². The lowest BCUT2D eigenvalue weighted by Gasteiger charge is -2.32. The highest BCUT2D eigenvalue weighted by molar-refractivity contribution is 6.40. The number of carbonyl (C=O) groups excluding carboxylic acids is 2. The summed E-state index contributed by atoms with van der Waals surface area (Å²) in [6.45, 7) is 5.58. The molecule has 1 N–H and O–H groups in total. The highest BCUT2D eigenvalue weighted by Crippen LogP contribution is 2.67. The lowest BCUT2D eigenvalue weighted by Crippen LogP contribution is -2.44. The minimum atomic E-state index is -4.88. The van der Waals surface area contributed by atoms with Crippen LogP contribution in [-0.2, 0) is 11.0 Å². The molecule has 1 aromatic carbocycles. The van der Waals surface area contributed by atoms with Gasteiger partial charge in [-0.1, -0.05) is 37.0 Å². The number of fused-ring (bicyclic) bond motifs is 1. The number of carbonyl (C=O) groups is 3. The van der Waals surface area contributed by atoms with Gasteiger partial charge in [-0.25, -0.2) is 0 Å². The Morgan fingerprint density at radius 3 is 2.17 bits per heavy atom. The van der Waals surface area contributed by atoms with Crippen LogP contribution in [0.15, 0.2) is 18.3 Å². The number of ketones is 1. The molecule has 1 aromatic heterocycles. The minimum absolute atomic E-state index is 0.0279. The number of aromatic nitrogens is 2. The second kappa shape index (κ2) is 11.2. The number of carboxylic acids is 1. The zero-order valence-corrected chi connectivity index (χ0v) is 25.2. The monoisotopic (exact) mass is 627 g/mol.